The predicted octanol–water partition coefficient (Wildman–Crippen LogP) is 3.18. The molecule has 1 N–H and O–H groups in total. The van der Waals surface area contributed by atoms with E-state index < -0.39 is 0 Å². The monoisotopic (exact) mass is 294 g/mol. The van der Waals surface area contributed by atoms with Gasteiger partial charge in [0.05, 0.1) is 6.07 Å². The minimum atomic E-state index is -0.0670. The van der Waals surface area contributed by atoms with Crippen molar-refractivity contribution in [1.29, 1.82) is 5.26 Å². The van der Waals surface area contributed by atoms with Crippen molar-refractivity contribution < 1.29 is 4.79 Å². The fourth-order valence-electron chi connectivity index (χ4n) is 1.37. The summed E-state index contributed by atoms with van der Waals surface area (Å²) in [5.41, 5.74) is 1.76. The van der Waals surface area contributed by atoms with E-state index in [2.05, 4.69) is 27.3 Å². The number of nitriles is 1. The van der Waals surface area contributed by atoms with E-state index >= 15 is 0 Å². The second-order valence-electron chi connectivity index (χ2n) is 3.84. The highest BCUT2D eigenvalue weighted by Crippen LogP contribution is 2.17. The number of carbonyl (C=O) groups is 1. The van der Waals surface area contributed by atoms with Gasteiger partial charge in [-0.1, -0.05) is 22.0 Å². The standard InChI is InChI=1S/C13H15BrN2O/c1-10-5-6-11(9-12(10)14)13(17)16-8-4-2-3-7-15/h5-6,9H,2-4,8H2,1H3,(H,16,17). The summed E-state index contributed by atoms with van der Waals surface area (Å²) < 4.78 is 0.939. The lowest BCUT2D eigenvalue weighted by atomic mass is 10.1. The summed E-state index contributed by atoms with van der Waals surface area (Å²) in [5, 5.41) is 11.2. The van der Waals surface area contributed by atoms with Crippen molar-refractivity contribution in [3.63, 3.8) is 0 Å². The molecule has 17 heavy (non-hydrogen) atoms. The van der Waals surface area contributed by atoms with Crippen LogP contribution in [-0.2, 0) is 0 Å². The zero-order chi connectivity index (χ0) is 12.7. The van der Waals surface area contributed by atoms with E-state index in [1.807, 2.05) is 25.1 Å². The first kappa shape index (κ1) is 13.7. The van der Waals surface area contributed by atoms with Crippen LogP contribution in [0.5, 0.6) is 0 Å². The van der Waals surface area contributed by atoms with Crippen molar-refractivity contribution in [2.45, 2.75) is 26.2 Å². The van der Waals surface area contributed by atoms with Gasteiger partial charge < -0.3 is 5.32 Å². The van der Waals surface area contributed by atoms with E-state index in [9.17, 15) is 4.79 Å². The van der Waals surface area contributed by atoms with Crippen LogP contribution in [0, 0.1) is 18.3 Å². The highest BCUT2D eigenvalue weighted by atomic mass is 79.9. The molecule has 0 aliphatic rings. The summed E-state index contributed by atoms with van der Waals surface area (Å²) in [6.07, 6.45) is 2.21. The van der Waals surface area contributed by atoms with Crippen molar-refractivity contribution in [1.82, 2.24) is 5.32 Å². The van der Waals surface area contributed by atoms with Gasteiger partial charge in [0.1, 0.15) is 0 Å². The van der Waals surface area contributed by atoms with Gasteiger partial charge in [-0.05, 0) is 37.5 Å². The number of benzene rings is 1. The maximum Gasteiger partial charge on any atom is 0.251 e. The van der Waals surface area contributed by atoms with Gasteiger partial charge in [-0.2, -0.15) is 5.26 Å². The van der Waals surface area contributed by atoms with Crippen LogP contribution in [0.4, 0.5) is 0 Å². The van der Waals surface area contributed by atoms with Crippen molar-refractivity contribution in [2.75, 3.05) is 6.54 Å². The van der Waals surface area contributed by atoms with Gasteiger partial charge in [-0.25, -0.2) is 0 Å². The number of hydrogen-bond acceptors (Lipinski definition) is 2. The summed E-state index contributed by atoms with van der Waals surface area (Å²) in [4.78, 5) is 11.7. The van der Waals surface area contributed by atoms with Crippen LogP contribution in [0.25, 0.3) is 0 Å². The molecule has 0 bridgehead atoms. The zero-order valence-electron chi connectivity index (χ0n) is 9.79. The lowest BCUT2D eigenvalue weighted by Crippen LogP contribution is -2.24. The average molecular weight is 295 g/mol. The number of hydrogen-bond donors (Lipinski definition) is 1. The molecule has 0 heterocycles. The van der Waals surface area contributed by atoms with E-state index in [4.69, 9.17) is 5.26 Å². The molecule has 0 radical (unpaired) electrons. The first-order valence-electron chi connectivity index (χ1n) is 5.56. The summed E-state index contributed by atoms with van der Waals surface area (Å²) in [7, 11) is 0. The third-order valence-electron chi connectivity index (χ3n) is 2.43. The Morgan fingerprint density at radius 1 is 1.47 bits per heavy atom. The van der Waals surface area contributed by atoms with Crippen molar-refractivity contribution in [2.24, 2.45) is 0 Å². The van der Waals surface area contributed by atoms with Gasteiger partial charge in [-0.3, -0.25) is 4.79 Å². The van der Waals surface area contributed by atoms with Crippen molar-refractivity contribution in [3.05, 3.63) is 33.8 Å². The molecule has 0 saturated heterocycles. The molecular weight excluding hydrogens is 280 g/mol. The molecule has 0 fully saturated rings. The number of amides is 1. The van der Waals surface area contributed by atoms with Gasteiger partial charge in [0.2, 0.25) is 0 Å². The van der Waals surface area contributed by atoms with Crippen LogP contribution in [0.3, 0.4) is 0 Å². The summed E-state index contributed by atoms with van der Waals surface area (Å²) in [6, 6.07) is 7.62. The Balaban J connectivity index is 2.42. The summed E-state index contributed by atoms with van der Waals surface area (Å²) in [6.45, 7) is 2.60. The molecule has 90 valence electrons. The van der Waals surface area contributed by atoms with Gasteiger partial charge >= 0.3 is 0 Å². The first-order valence-corrected chi connectivity index (χ1v) is 6.35. The number of carbonyl (C=O) groups excluding carboxylic acids is 1. The molecule has 0 aliphatic carbocycles. The molecule has 0 aromatic heterocycles. The third-order valence-corrected chi connectivity index (χ3v) is 3.29. The van der Waals surface area contributed by atoms with E-state index in [1.165, 1.54) is 0 Å². The molecule has 0 aliphatic heterocycles. The van der Waals surface area contributed by atoms with Crippen LogP contribution in [0.2, 0.25) is 0 Å². The molecular formula is C13H15BrN2O. The Morgan fingerprint density at radius 3 is 2.88 bits per heavy atom. The topological polar surface area (TPSA) is 52.9 Å². The van der Waals surface area contributed by atoms with Crippen LogP contribution in [0.1, 0.15) is 35.2 Å². The van der Waals surface area contributed by atoms with Crippen LogP contribution < -0.4 is 5.32 Å². The van der Waals surface area contributed by atoms with Gasteiger partial charge in [0.15, 0.2) is 0 Å². The number of rotatable bonds is 5. The van der Waals surface area contributed by atoms with Gasteiger partial charge in [-0.15, -0.1) is 0 Å². The Labute approximate surface area is 110 Å². The number of nitrogens with one attached hydrogen (secondary N) is 1. The highest BCUT2D eigenvalue weighted by Gasteiger charge is 2.05. The van der Waals surface area contributed by atoms with E-state index in [-0.39, 0.29) is 5.91 Å². The first-order chi connectivity index (χ1) is 8.15. The number of halogens is 1. The predicted molar refractivity (Wildman–Crippen MR) is 70.7 cm³/mol. The maximum atomic E-state index is 11.7. The van der Waals surface area contributed by atoms with Crippen LogP contribution in [-0.4, -0.2) is 12.5 Å². The molecule has 1 aromatic rings. The smallest absolute Gasteiger partial charge is 0.251 e. The summed E-state index contributed by atoms with van der Waals surface area (Å²) >= 11 is 3.40. The molecule has 0 saturated carbocycles. The SMILES string of the molecule is Cc1ccc(C(=O)NCCCCC#N)cc1Br. The fraction of sp³-hybridized carbons (Fsp3) is 0.385. The number of aryl methyl sites for hydroxylation is 1. The number of nitrogens with zero attached hydrogens (tertiary/aromatic N) is 1. The Morgan fingerprint density at radius 2 is 2.24 bits per heavy atom. The second-order valence-corrected chi connectivity index (χ2v) is 4.69. The van der Waals surface area contributed by atoms with E-state index in [0.29, 0.717) is 18.5 Å². The molecule has 3 nitrogen and oxygen atoms in total. The van der Waals surface area contributed by atoms with Gasteiger partial charge in [0.25, 0.3) is 5.91 Å². The molecule has 0 atom stereocenters. The second kappa shape index (κ2) is 7.08. The summed E-state index contributed by atoms with van der Waals surface area (Å²) in [5.74, 6) is -0.0670. The highest BCUT2D eigenvalue weighted by molar-refractivity contribution is 9.10. The molecule has 0 unspecified atom stereocenters. The molecule has 1 rings (SSSR count). The van der Waals surface area contributed by atoms with E-state index in [1.54, 1.807) is 0 Å². The minimum Gasteiger partial charge on any atom is -0.352 e. The largest absolute Gasteiger partial charge is 0.352 e. The van der Waals surface area contributed by atoms with Crippen molar-refractivity contribution >= 4 is 21.8 Å². The third kappa shape index (κ3) is 4.58. The van der Waals surface area contributed by atoms with Gasteiger partial charge in [0, 0.05) is 23.0 Å². The van der Waals surface area contributed by atoms with Crippen LogP contribution in [0.15, 0.2) is 22.7 Å². The lowest BCUT2D eigenvalue weighted by Gasteiger charge is -2.06. The average Bonchev–Trinajstić information content (AvgIpc) is 2.32. The molecule has 1 amide bonds. The minimum absolute atomic E-state index is 0.0670. The molecule has 1 aromatic carbocycles. The molecule has 4 heteroatoms. The maximum absolute atomic E-state index is 11.7. The zero-order valence-corrected chi connectivity index (χ0v) is 11.4. The van der Waals surface area contributed by atoms with Crippen molar-refractivity contribution in [3.8, 4) is 6.07 Å². The number of unbranched alkanes of at least 4 members (excludes halogenated alkanes) is 2. The lowest BCUT2D eigenvalue weighted by molar-refractivity contribution is 0.0953. The molecule has 0 spiro atoms. The normalized spacial score (nSPS) is 9.71. The Bertz CT molecular complexity index is 438. The van der Waals surface area contributed by atoms with E-state index in [0.717, 1.165) is 22.9 Å². The quantitative estimate of drug-likeness (QED) is 0.848. The fourth-order valence-corrected chi connectivity index (χ4v) is 1.75. The van der Waals surface area contributed by atoms with Crippen LogP contribution >= 0.6 is 15.9 Å². The Hall–Kier alpha value is -1.34. The Kier molecular flexibility index (Phi) is 5.71.